The fraction of sp³-hybridized carbons (Fsp3) is 0.125. The topological polar surface area (TPSA) is 29.0 Å². The first-order valence-electron chi connectivity index (χ1n) is 12.4. The van der Waals surface area contributed by atoms with Gasteiger partial charge in [-0.15, -0.1) is 0 Å². The second-order valence-electron chi connectivity index (χ2n) is 10.3. The van der Waals surface area contributed by atoms with Crippen molar-refractivity contribution in [2.75, 3.05) is 4.90 Å². The van der Waals surface area contributed by atoms with E-state index in [2.05, 4.69) is 65.6 Å². The molecule has 0 bridgehead atoms. The quantitative estimate of drug-likeness (QED) is 0.253. The molecule has 2 aromatic heterocycles. The van der Waals surface area contributed by atoms with Crippen LogP contribution in [0.1, 0.15) is 44.6 Å². The molecular weight excluding hydrogens is 426 g/mol. The Hall–Kier alpha value is -4.24. The van der Waals surface area contributed by atoms with E-state index in [1.54, 1.807) is 0 Å². The van der Waals surface area contributed by atoms with Gasteiger partial charge in [-0.2, -0.15) is 0 Å². The third kappa shape index (κ3) is 2.30. The van der Waals surface area contributed by atoms with E-state index in [-0.39, 0.29) is 0 Å². The van der Waals surface area contributed by atoms with E-state index in [0.717, 1.165) is 37.2 Å². The summed E-state index contributed by atoms with van der Waals surface area (Å²) in [5.41, 5.74) is 19.1. The molecule has 3 heteroatoms. The van der Waals surface area contributed by atoms with Gasteiger partial charge >= 0.3 is 0 Å². The standard InChI is InChI=1S/C32H21N3/c1-2-6-25-18(4-1)10-22-15-27-23(14-26(22)25)12-21-13-24-16-29-31-19(7-9-33-29)11-20-5-3-8-34-32(20)35(31)30(24)17-28(21)27/h1-9,13-15,17H,10-12,16H2. The van der Waals surface area contributed by atoms with Crippen LogP contribution in [0, 0.1) is 0 Å². The van der Waals surface area contributed by atoms with E-state index in [1.165, 1.54) is 72.6 Å². The lowest BCUT2D eigenvalue weighted by Crippen LogP contribution is -2.26. The molecule has 9 rings (SSSR count). The lowest BCUT2D eigenvalue weighted by Gasteiger charge is -2.38. The van der Waals surface area contributed by atoms with Crippen molar-refractivity contribution >= 4 is 17.2 Å². The Kier molecular flexibility index (Phi) is 3.24. The molecule has 0 amide bonds. The SMILES string of the molecule is c1ccc2c(c1)Cc1cc3c(cc1-2)Cc1cc2c(cc1-3)N1c3ncccc3Cc3ccnc(c31)C2. The first-order valence-corrected chi connectivity index (χ1v) is 12.4. The Balaban J connectivity index is 1.25. The summed E-state index contributed by atoms with van der Waals surface area (Å²) >= 11 is 0. The van der Waals surface area contributed by atoms with Crippen LogP contribution in [0.15, 0.2) is 79.1 Å². The molecule has 164 valence electrons. The molecule has 2 aliphatic heterocycles. The molecule has 5 aromatic rings. The molecule has 0 unspecified atom stereocenters. The predicted molar refractivity (Wildman–Crippen MR) is 139 cm³/mol. The van der Waals surface area contributed by atoms with Crippen LogP contribution < -0.4 is 4.90 Å². The third-order valence-corrected chi connectivity index (χ3v) is 8.36. The van der Waals surface area contributed by atoms with Gasteiger partial charge in [0.25, 0.3) is 0 Å². The molecule has 0 radical (unpaired) electrons. The van der Waals surface area contributed by atoms with Gasteiger partial charge < -0.3 is 0 Å². The Bertz CT molecular complexity index is 1760. The van der Waals surface area contributed by atoms with Crippen molar-refractivity contribution in [3.63, 3.8) is 0 Å². The maximum absolute atomic E-state index is 4.85. The Labute approximate surface area is 203 Å². The maximum atomic E-state index is 4.85. The van der Waals surface area contributed by atoms with Crippen molar-refractivity contribution < 1.29 is 0 Å². The molecule has 35 heavy (non-hydrogen) atoms. The summed E-state index contributed by atoms with van der Waals surface area (Å²) in [6.07, 6.45) is 7.72. The normalized spacial score (nSPS) is 14.9. The first kappa shape index (κ1) is 18.1. The van der Waals surface area contributed by atoms with Crippen LogP contribution in [0.5, 0.6) is 0 Å². The molecule has 3 aromatic carbocycles. The number of nitrogens with zero attached hydrogens (tertiary/aromatic N) is 3. The summed E-state index contributed by atoms with van der Waals surface area (Å²) < 4.78 is 0. The summed E-state index contributed by atoms with van der Waals surface area (Å²) in [7, 11) is 0. The number of rotatable bonds is 0. The minimum absolute atomic E-state index is 0.880. The van der Waals surface area contributed by atoms with Crippen molar-refractivity contribution in [2.24, 2.45) is 0 Å². The Morgan fingerprint density at radius 3 is 2.20 bits per heavy atom. The van der Waals surface area contributed by atoms with E-state index in [1.807, 2.05) is 18.5 Å². The highest BCUT2D eigenvalue weighted by Gasteiger charge is 2.35. The monoisotopic (exact) mass is 447 g/mol. The van der Waals surface area contributed by atoms with Crippen LogP contribution >= 0.6 is 0 Å². The minimum atomic E-state index is 0.880. The highest BCUT2D eigenvalue weighted by Crippen LogP contribution is 2.52. The molecule has 3 nitrogen and oxygen atoms in total. The minimum Gasteiger partial charge on any atom is -0.292 e. The number of benzene rings is 3. The van der Waals surface area contributed by atoms with Gasteiger partial charge in [-0.1, -0.05) is 36.4 Å². The van der Waals surface area contributed by atoms with Gasteiger partial charge in [0, 0.05) is 25.2 Å². The Morgan fingerprint density at radius 1 is 0.514 bits per heavy atom. The number of aromatic nitrogens is 2. The van der Waals surface area contributed by atoms with Gasteiger partial charge in [0.1, 0.15) is 5.82 Å². The number of hydrogen-bond acceptors (Lipinski definition) is 3. The number of pyridine rings is 2. The predicted octanol–water partition coefficient (Wildman–Crippen LogP) is 6.90. The molecule has 0 N–H and O–H groups in total. The summed E-state index contributed by atoms with van der Waals surface area (Å²) in [6.45, 7) is 0. The highest BCUT2D eigenvalue weighted by atomic mass is 15.2. The van der Waals surface area contributed by atoms with E-state index in [0.29, 0.717) is 0 Å². The first-order chi connectivity index (χ1) is 17.3. The van der Waals surface area contributed by atoms with E-state index >= 15 is 0 Å². The van der Waals surface area contributed by atoms with Crippen LogP contribution in [-0.2, 0) is 25.7 Å². The average molecular weight is 448 g/mol. The molecule has 4 aliphatic rings. The maximum Gasteiger partial charge on any atom is 0.141 e. The van der Waals surface area contributed by atoms with E-state index < -0.39 is 0 Å². The van der Waals surface area contributed by atoms with Crippen molar-refractivity contribution in [1.29, 1.82) is 0 Å². The molecule has 0 spiro atoms. The molecular formula is C32H21N3. The van der Waals surface area contributed by atoms with Crippen LogP contribution in [0.25, 0.3) is 22.3 Å². The van der Waals surface area contributed by atoms with Gasteiger partial charge in [-0.05, 0) is 104 Å². The molecule has 0 saturated carbocycles. The fourth-order valence-corrected chi connectivity index (χ4v) is 6.84. The van der Waals surface area contributed by atoms with Crippen molar-refractivity contribution in [3.05, 3.63) is 124 Å². The summed E-state index contributed by atoms with van der Waals surface area (Å²) in [4.78, 5) is 12.0. The second-order valence-corrected chi connectivity index (χ2v) is 10.3. The van der Waals surface area contributed by atoms with Gasteiger partial charge in [0.15, 0.2) is 0 Å². The lowest BCUT2D eigenvalue weighted by molar-refractivity contribution is 0.940. The van der Waals surface area contributed by atoms with Crippen LogP contribution in [0.2, 0.25) is 0 Å². The van der Waals surface area contributed by atoms with Crippen LogP contribution in [0.4, 0.5) is 17.2 Å². The Morgan fingerprint density at radius 2 is 1.26 bits per heavy atom. The largest absolute Gasteiger partial charge is 0.292 e. The van der Waals surface area contributed by atoms with Gasteiger partial charge in [0.2, 0.25) is 0 Å². The zero-order valence-corrected chi connectivity index (χ0v) is 19.2. The fourth-order valence-electron chi connectivity index (χ4n) is 6.84. The van der Waals surface area contributed by atoms with Crippen LogP contribution in [0.3, 0.4) is 0 Å². The molecule has 0 fully saturated rings. The smallest absolute Gasteiger partial charge is 0.141 e. The van der Waals surface area contributed by atoms with Crippen molar-refractivity contribution in [1.82, 2.24) is 9.97 Å². The summed E-state index contributed by atoms with van der Waals surface area (Å²) in [6, 6.07) is 25.1. The number of hydrogen-bond donors (Lipinski definition) is 0. The van der Waals surface area contributed by atoms with E-state index in [9.17, 15) is 0 Å². The highest BCUT2D eigenvalue weighted by molar-refractivity contribution is 5.92. The summed E-state index contributed by atoms with van der Waals surface area (Å²) in [5, 5.41) is 0. The van der Waals surface area contributed by atoms with Crippen molar-refractivity contribution in [2.45, 2.75) is 25.7 Å². The third-order valence-electron chi connectivity index (χ3n) is 8.36. The molecule has 4 heterocycles. The van der Waals surface area contributed by atoms with Crippen LogP contribution in [-0.4, -0.2) is 9.97 Å². The summed E-state index contributed by atoms with van der Waals surface area (Å²) in [5.74, 6) is 1.05. The lowest BCUT2D eigenvalue weighted by atomic mass is 9.89. The molecule has 0 atom stereocenters. The van der Waals surface area contributed by atoms with Gasteiger partial charge in [0.05, 0.1) is 17.1 Å². The van der Waals surface area contributed by atoms with E-state index in [4.69, 9.17) is 9.97 Å². The zero-order chi connectivity index (χ0) is 22.7. The number of anilines is 3. The average Bonchev–Trinajstić information content (AvgIpc) is 3.42. The zero-order valence-electron chi connectivity index (χ0n) is 19.2. The molecule has 0 saturated heterocycles. The van der Waals surface area contributed by atoms with Crippen molar-refractivity contribution in [3.8, 4) is 22.3 Å². The van der Waals surface area contributed by atoms with Gasteiger partial charge in [-0.25, -0.2) is 4.98 Å². The molecule has 2 aliphatic carbocycles. The second kappa shape index (κ2) is 6.25. The number of fused-ring (bicyclic) bond motifs is 10. The van der Waals surface area contributed by atoms with Gasteiger partial charge in [-0.3, -0.25) is 9.88 Å².